The Labute approximate surface area is 354 Å². The van der Waals surface area contributed by atoms with Gasteiger partial charge in [-0.2, -0.15) is 8.42 Å². The van der Waals surface area contributed by atoms with E-state index in [1.807, 2.05) is 0 Å². The summed E-state index contributed by atoms with van der Waals surface area (Å²) in [5.41, 5.74) is 0. The smallest absolute Gasteiger partial charge is 0.267 e. The van der Waals surface area contributed by atoms with Crippen LogP contribution in [-0.4, -0.2) is 53.1 Å². The first-order valence-electron chi connectivity index (χ1n) is 24.6. The van der Waals surface area contributed by atoms with Gasteiger partial charge in [-0.05, 0) is 32.1 Å². The molecule has 7 nitrogen and oxygen atoms in total. The molecule has 0 heterocycles. The summed E-state index contributed by atoms with van der Waals surface area (Å²) in [5, 5.41) is 23.5. The van der Waals surface area contributed by atoms with Gasteiger partial charge < -0.3 is 15.5 Å². The molecule has 0 fully saturated rings. The van der Waals surface area contributed by atoms with Gasteiger partial charge in [-0.15, -0.1) is 0 Å². The first-order chi connectivity index (χ1) is 27.7. The van der Waals surface area contributed by atoms with E-state index in [0.717, 1.165) is 32.1 Å². The van der Waals surface area contributed by atoms with Crippen molar-refractivity contribution in [2.75, 3.05) is 5.75 Å². The van der Waals surface area contributed by atoms with E-state index in [0.29, 0.717) is 12.8 Å². The van der Waals surface area contributed by atoms with E-state index in [2.05, 4.69) is 31.3 Å². The monoisotopic (exact) mass is 826 g/mol. The number of nitrogens with one attached hydrogen (secondary N) is 1. The van der Waals surface area contributed by atoms with Crippen LogP contribution in [0.5, 0.6) is 0 Å². The number of hydrogen-bond acceptors (Lipinski definition) is 5. The molecule has 0 saturated heterocycles. The third-order valence-corrected chi connectivity index (χ3v) is 12.3. The minimum atomic E-state index is -4.45. The molecule has 8 heteroatoms. The lowest BCUT2D eigenvalue weighted by molar-refractivity contribution is -0.130. The summed E-state index contributed by atoms with van der Waals surface area (Å²) in [5.74, 6) is -1.55. The van der Waals surface area contributed by atoms with Crippen LogP contribution in [0, 0.1) is 0 Å². The Balaban J connectivity index is 3.93. The largest absolute Gasteiger partial charge is 0.387 e. The summed E-state index contributed by atoms with van der Waals surface area (Å²) >= 11 is 0. The molecule has 0 saturated carbocycles. The standard InChI is InChI=1S/C49H95NO6S/c1-3-5-7-9-11-13-15-17-19-21-23-24-26-28-30-32-34-36-38-40-42-44-48(52)49(53)50-46(45-57(54,55)56)47(51)43-41-39-37-35-33-31-29-27-25-22-20-18-16-14-12-10-8-6-4-2/h33,35,41,43,46-48,51-52H,3-32,34,36-40,42,44-45H2,1-2H3,(H,50,53)(H,54,55,56)/b35-33+,43-41+. The predicted octanol–water partition coefficient (Wildman–Crippen LogP) is 14.1. The Kier molecular flexibility index (Phi) is 42.0. The highest BCUT2D eigenvalue weighted by Crippen LogP contribution is 2.17. The maximum atomic E-state index is 12.7. The quantitative estimate of drug-likeness (QED) is 0.0275. The van der Waals surface area contributed by atoms with Gasteiger partial charge in [0.25, 0.3) is 10.1 Å². The van der Waals surface area contributed by atoms with E-state index in [-0.39, 0.29) is 6.42 Å². The van der Waals surface area contributed by atoms with Gasteiger partial charge in [0.15, 0.2) is 0 Å². The highest BCUT2D eigenvalue weighted by Gasteiger charge is 2.27. The van der Waals surface area contributed by atoms with Gasteiger partial charge in [0.2, 0.25) is 5.91 Å². The van der Waals surface area contributed by atoms with E-state index in [4.69, 9.17) is 0 Å². The molecule has 0 aromatic rings. The summed E-state index contributed by atoms with van der Waals surface area (Å²) in [6, 6.07) is -1.25. The van der Waals surface area contributed by atoms with Gasteiger partial charge in [0.1, 0.15) is 6.10 Å². The van der Waals surface area contributed by atoms with Gasteiger partial charge in [-0.25, -0.2) is 0 Å². The second kappa shape index (κ2) is 42.9. The van der Waals surface area contributed by atoms with Crippen LogP contribution in [0.3, 0.4) is 0 Å². The lowest BCUT2D eigenvalue weighted by Gasteiger charge is -2.22. The van der Waals surface area contributed by atoms with Crippen molar-refractivity contribution in [1.82, 2.24) is 5.32 Å². The van der Waals surface area contributed by atoms with Crippen molar-refractivity contribution in [2.45, 2.75) is 276 Å². The maximum Gasteiger partial charge on any atom is 0.267 e. The lowest BCUT2D eigenvalue weighted by Crippen LogP contribution is -2.50. The number of rotatable bonds is 45. The van der Waals surface area contributed by atoms with Gasteiger partial charge in [0, 0.05) is 0 Å². The summed E-state index contributed by atoms with van der Waals surface area (Å²) in [7, 11) is -4.45. The molecule has 0 aromatic carbocycles. The van der Waals surface area contributed by atoms with Crippen LogP contribution < -0.4 is 5.32 Å². The van der Waals surface area contributed by atoms with E-state index < -0.39 is 40.0 Å². The Morgan fingerprint density at radius 3 is 1.16 bits per heavy atom. The first-order valence-corrected chi connectivity index (χ1v) is 26.3. The molecule has 338 valence electrons. The number of carbonyl (C=O) groups is 1. The van der Waals surface area contributed by atoms with E-state index in [1.165, 1.54) is 199 Å². The van der Waals surface area contributed by atoms with Crippen molar-refractivity contribution in [3.05, 3.63) is 24.3 Å². The maximum absolute atomic E-state index is 12.7. The first kappa shape index (κ1) is 55.8. The minimum Gasteiger partial charge on any atom is -0.387 e. The Bertz CT molecular complexity index is 1020. The van der Waals surface area contributed by atoms with Gasteiger partial charge >= 0.3 is 0 Å². The molecule has 0 rings (SSSR count). The zero-order chi connectivity index (χ0) is 41.9. The molecular formula is C49H95NO6S. The van der Waals surface area contributed by atoms with Gasteiger partial charge in [-0.1, -0.05) is 250 Å². The van der Waals surface area contributed by atoms with Crippen LogP contribution in [0.1, 0.15) is 258 Å². The molecule has 0 aromatic heterocycles. The molecule has 57 heavy (non-hydrogen) atoms. The van der Waals surface area contributed by atoms with Crippen molar-refractivity contribution in [1.29, 1.82) is 0 Å². The molecule has 0 bridgehead atoms. The van der Waals surface area contributed by atoms with Crippen molar-refractivity contribution in [2.24, 2.45) is 0 Å². The lowest BCUT2D eigenvalue weighted by atomic mass is 10.0. The van der Waals surface area contributed by atoms with Crippen molar-refractivity contribution >= 4 is 16.0 Å². The topological polar surface area (TPSA) is 124 Å². The molecule has 3 unspecified atom stereocenters. The third kappa shape index (κ3) is 42.7. The Morgan fingerprint density at radius 1 is 0.474 bits per heavy atom. The van der Waals surface area contributed by atoms with E-state index in [1.54, 1.807) is 6.08 Å². The molecule has 4 N–H and O–H groups in total. The molecule has 3 atom stereocenters. The highest BCUT2D eigenvalue weighted by molar-refractivity contribution is 7.85. The van der Waals surface area contributed by atoms with Crippen LogP contribution in [0.15, 0.2) is 24.3 Å². The number of unbranched alkanes of at least 4 members (excludes halogenated alkanes) is 34. The van der Waals surface area contributed by atoms with Crippen molar-refractivity contribution in [3.8, 4) is 0 Å². The molecule has 0 spiro atoms. The van der Waals surface area contributed by atoms with Crippen LogP contribution in [0.2, 0.25) is 0 Å². The normalized spacial score (nSPS) is 13.8. The SMILES string of the molecule is CCCCCCCCCCCCCCC/C=C/CC/C=C/C(O)C(CS(=O)(=O)O)NC(=O)C(O)CCCCCCCCCCCCCCCCCCCCCCC. The summed E-state index contributed by atoms with van der Waals surface area (Å²) < 4.78 is 32.7. The molecular weight excluding hydrogens is 731 g/mol. The second-order valence-electron chi connectivity index (χ2n) is 17.2. The van der Waals surface area contributed by atoms with Gasteiger partial charge in [0.05, 0.1) is 17.9 Å². The number of carbonyl (C=O) groups excluding carboxylic acids is 1. The summed E-state index contributed by atoms with van der Waals surface area (Å²) in [4.78, 5) is 12.7. The van der Waals surface area contributed by atoms with Crippen LogP contribution in [-0.2, 0) is 14.9 Å². The Hall–Kier alpha value is -1.22. The average molecular weight is 826 g/mol. The zero-order valence-electron chi connectivity index (χ0n) is 37.6. The number of aliphatic hydroxyl groups excluding tert-OH is 2. The van der Waals surface area contributed by atoms with Gasteiger partial charge in [-0.3, -0.25) is 9.35 Å². The third-order valence-electron chi connectivity index (χ3n) is 11.5. The fraction of sp³-hybridized carbons (Fsp3) is 0.898. The van der Waals surface area contributed by atoms with Crippen molar-refractivity contribution in [3.63, 3.8) is 0 Å². The highest BCUT2D eigenvalue weighted by atomic mass is 32.2. The van der Waals surface area contributed by atoms with Crippen LogP contribution >= 0.6 is 0 Å². The second-order valence-corrected chi connectivity index (χ2v) is 18.7. The van der Waals surface area contributed by atoms with Crippen LogP contribution in [0.4, 0.5) is 0 Å². The number of aliphatic hydroxyl groups is 2. The van der Waals surface area contributed by atoms with E-state index in [9.17, 15) is 28.0 Å². The number of amides is 1. The van der Waals surface area contributed by atoms with Crippen molar-refractivity contribution < 1.29 is 28.0 Å². The summed E-state index contributed by atoms with van der Waals surface area (Å²) in [6.07, 6.45) is 52.5. The minimum absolute atomic E-state index is 0.279. The fourth-order valence-electron chi connectivity index (χ4n) is 7.71. The predicted molar refractivity (Wildman–Crippen MR) is 245 cm³/mol. The Morgan fingerprint density at radius 2 is 0.789 bits per heavy atom. The van der Waals surface area contributed by atoms with E-state index >= 15 is 0 Å². The molecule has 0 aliphatic heterocycles. The zero-order valence-corrected chi connectivity index (χ0v) is 38.4. The molecule has 0 aliphatic rings. The molecule has 1 amide bonds. The molecule has 0 aliphatic carbocycles. The number of allylic oxidation sites excluding steroid dienone is 3. The molecule has 0 radical (unpaired) electrons. The number of hydrogen-bond donors (Lipinski definition) is 4. The average Bonchev–Trinajstić information content (AvgIpc) is 3.18. The van der Waals surface area contributed by atoms with Crippen LogP contribution in [0.25, 0.3) is 0 Å². The summed E-state index contributed by atoms with van der Waals surface area (Å²) in [6.45, 7) is 4.54. The fourth-order valence-corrected chi connectivity index (χ4v) is 8.44.